The molecule has 192 valence electrons. The molecule has 0 bridgehead atoms. The Morgan fingerprint density at radius 3 is 2.05 bits per heavy atom. The number of allylic oxidation sites excluding steroid dienone is 2. The van der Waals surface area contributed by atoms with Gasteiger partial charge in [0.15, 0.2) is 0 Å². The van der Waals surface area contributed by atoms with Crippen LogP contribution < -0.4 is 5.32 Å². The lowest BCUT2D eigenvalue weighted by molar-refractivity contribution is -0.141. The maximum absolute atomic E-state index is 12.6. The van der Waals surface area contributed by atoms with Crippen molar-refractivity contribution in [3.63, 3.8) is 0 Å². The zero-order chi connectivity index (χ0) is 25.9. The van der Waals surface area contributed by atoms with Crippen molar-refractivity contribution in [1.29, 1.82) is 0 Å². The fraction of sp³-hybridized carbons (Fsp3) is 0.379. The van der Waals surface area contributed by atoms with Crippen LogP contribution in [0.3, 0.4) is 0 Å². The summed E-state index contributed by atoms with van der Waals surface area (Å²) in [5.41, 5.74) is 4.38. The van der Waals surface area contributed by atoms with E-state index in [9.17, 15) is 24.3 Å². The SMILES string of the molecule is O=C(NC(CCCCN1C(=O)C2CC=CCC2C1=O)C(=O)O)OCC1c2ccccc2-c2ccccc21. The Hall–Kier alpha value is -3.94. The molecule has 3 atom stereocenters. The third-order valence-electron chi connectivity index (χ3n) is 7.66. The highest BCUT2D eigenvalue weighted by atomic mass is 16.5. The number of aliphatic carboxylic acids is 1. The molecule has 0 radical (unpaired) electrons. The second-order valence-electron chi connectivity index (χ2n) is 9.84. The Bertz CT molecular complexity index is 1180. The van der Waals surface area contributed by atoms with E-state index in [4.69, 9.17) is 4.74 Å². The normalized spacial score (nSPS) is 20.8. The van der Waals surface area contributed by atoms with Gasteiger partial charge in [-0.1, -0.05) is 60.7 Å². The lowest BCUT2D eigenvalue weighted by Crippen LogP contribution is -2.41. The van der Waals surface area contributed by atoms with E-state index in [2.05, 4.69) is 5.32 Å². The number of benzene rings is 2. The van der Waals surface area contributed by atoms with Gasteiger partial charge in [-0.25, -0.2) is 9.59 Å². The molecule has 0 saturated carbocycles. The van der Waals surface area contributed by atoms with Gasteiger partial charge in [0.2, 0.25) is 11.8 Å². The second-order valence-corrected chi connectivity index (χ2v) is 9.84. The molecule has 0 spiro atoms. The number of rotatable bonds is 9. The fourth-order valence-corrected chi connectivity index (χ4v) is 5.75. The van der Waals surface area contributed by atoms with Crippen molar-refractivity contribution in [3.05, 3.63) is 71.8 Å². The first-order valence-corrected chi connectivity index (χ1v) is 12.8. The number of unbranched alkanes of at least 4 members (excludes halogenated alkanes) is 1. The smallest absolute Gasteiger partial charge is 0.407 e. The van der Waals surface area contributed by atoms with Crippen LogP contribution in [0.2, 0.25) is 0 Å². The van der Waals surface area contributed by atoms with E-state index in [1.807, 2.05) is 60.7 Å². The van der Waals surface area contributed by atoms with Gasteiger partial charge in [-0.2, -0.15) is 0 Å². The minimum absolute atomic E-state index is 0.0998. The summed E-state index contributed by atoms with van der Waals surface area (Å²) in [6.45, 7) is 0.366. The number of imide groups is 1. The zero-order valence-corrected chi connectivity index (χ0v) is 20.5. The average Bonchev–Trinajstić information content (AvgIpc) is 3.36. The Kier molecular flexibility index (Phi) is 7.08. The molecule has 2 N–H and O–H groups in total. The third kappa shape index (κ3) is 4.88. The van der Waals surface area contributed by atoms with Crippen LogP contribution in [0.5, 0.6) is 0 Å². The molecule has 5 rings (SSSR count). The quantitative estimate of drug-likeness (QED) is 0.303. The number of likely N-dealkylation sites (tertiary alicyclic amines) is 1. The standard InChI is InChI=1S/C29H30N2O6/c32-26-22-13-5-6-14-23(22)27(33)31(26)16-8-7-15-25(28(34)35)30-29(36)37-17-24-20-11-3-1-9-18(20)19-10-2-4-12-21(19)24/h1-6,9-12,22-25H,7-8,13-17H2,(H,30,36)(H,34,35). The third-order valence-corrected chi connectivity index (χ3v) is 7.66. The van der Waals surface area contributed by atoms with Gasteiger partial charge in [0.1, 0.15) is 12.6 Å². The van der Waals surface area contributed by atoms with Crippen LogP contribution in [0.25, 0.3) is 11.1 Å². The fourth-order valence-electron chi connectivity index (χ4n) is 5.75. The molecule has 3 aliphatic rings. The van der Waals surface area contributed by atoms with Crippen molar-refractivity contribution in [2.24, 2.45) is 11.8 Å². The first-order valence-electron chi connectivity index (χ1n) is 12.8. The molecule has 0 aromatic heterocycles. The molecule has 1 heterocycles. The summed E-state index contributed by atoms with van der Waals surface area (Å²) in [5, 5.41) is 12.1. The maximum Gasteiger partial charge on any atom is 0.407 e. The first-order chi connectivity index (χ1) is 18.0. The van der Waals surface area contributed by atoms with Crippen LogP contribution in [0.1, 0.15) is 49.1 Å². The van der Waals surface area contributed by atoms with E-state index in [-0.39, 0.29) is 49.1 Å². The lowest BCUT2D eigenvalue weighted by Gasteiger charge is -2.18. The largest absolute Gasteiger partial charge is 0.480 e. The predicted molar refractivity (Wildman–Crippen MR) is 136 cm³/mol. The molecule has 1 aliphatic heterocycles. The lowest BCUT2D eigenvalue weighted by atomic mass is 9.85. The van der Waals surface area contributed by atoms with Crippen molar-refractivity contribution in [3.8, 4) is 11.1 Å². The number of carboxylic acids is 1. The molecule has 1 saturated heterocycles. The van der Waals surface area contributed by atoms with E-state index >= 15 is 0 Å². The van der Waals surface area contributed by atoms with Crippen LogP contribution in [0.4, 0.5) is 4.79 Å². The zero-order valence-electron chi connectivity index (χ0n) is 20.5. The van der Waals surface area contributed by atoms with E-state index in [0.29, 0.717) is 25.7 Å². The summed E-state index contributed by atoms with van der Waals surface area (Å²) in [6.07, 6.45) is 5.38. The van der Waals surface area contributed by atoms with E-state index in [0.717, 1.165) is 22.3 Å². The highest BCUT2D eigenvalue weighted by molar-refractivity contribution is 6.05. The highest BCUT2D eigenvalue weighted by Crippen LogP contribution is 2.44. The Labute approximate surface area is 215 Å². The van der Waals surface area contributed by atoms with Crippen molar-refractivity contribution in [2.75, 3.05) is 13.2 Å². The molecule has 3 amide bonds. The number of ether oxygens (including phenoxy) is 1. The van der Waals surface area contributed by atoms with Gasteiger partial charge in [0.25, 0.3) is 0 Å². The minimum atomic E-state index is -1.15. The van der Waals surface area contributed by atoms with Crippen LogP contribution in [0.15, 0.2) is 60.7 Å². The van der Waals surface area contributed by atoms with Crippen molar-refractivity contribution >= 4 is 23.9 Å². The summed E-state index contributed by atoms with van der Waals surface area (Å²) < 4.78 is 5.47. The van der Waals surface area contributed by atoms with Gasteiger partial charge in [0.05, 0.1) is 11.8 Å². The second kappa shape index (κ2) is 10.6. The first kappa shape index (κ1) is 24.7. The van der Waals surface area contributed by atoms with Crippen LogP contribution >= 0.6 is 0 Å². The maximum atomic E-state index is 12.6. The minimum Gasteiger partial charge on any atom is -0.480 e. The van der Waals surface area contributed by atoms with Crippen LogP contribution in [-0.2, 0) is 19.1 Å². The Morgan fingerprint density at radius 1 is 0.919 bits per heavy atom. The van der Waals surface area contributed by atoms with Crippen molar-refractivity contribution in [2.45, 2.75) is 44.1 Å². The molecule has 1 fully saturated rings. The number of hydrogen-bond acceptors (Lipinski definition) is 5. The predicted octanol–water partition coefficient (Wildman–Crippen LogP) is 4.10. The Balaban J connectivity index is 1.11. The van der Waals surface area contributed by atoms with Crippen molar-refractivity contribution < 1.29 is 29.0 Å². The molecular weight excluding hydrogens is 472 g/mol. The molecule has 3 unspecified atom stereocenters. The van der Waals surface area contributed by atoms with Crippen LogP contribution in [-0.4, -0.2) is 53.1 Å². The number of carbonyl (C=O) groups is 4. The average molecular weight is 503 g/mol. The van der Waals surface area contributed by atoms with Gasteiger partial charge < -0.3 is 15.2 Å². The van der Waals surface area contributed by atoms with Crippen LogP contribution in [0, 0.1) is 11.8 Å². The number of fused-ring (bicyclic) bond motifs is 4. The summed E-state index contributed by atoms with van der Waals surface area (Å²) >= 11 is 0. The molecule has 2 aliphatic carbocycles. The summed E-state index contributed by atoms with van der Waals surface area (Å²) in [4.78, 5) is 50.7. The number of nitrogens with zero attached hydrogens (tertiary/aromatic N) is 1. The molecule has 37 heavy (non-hydrogen) atoms. The summed E-state index contributed by atoms with van der Waals surface area (Å²) in [5.74, 6) is -2.06. The number of hydrogen-bond donors (Lipinski definition) is 2. The number of carbonyl (C=O) groups excluding carboxylic acids is 3. The number of nitrogens with one attached hydrogen (secondary N) is 1. The van der Waals surface area contributed by atoms with Crippen molar-refractivity contribution in [1.82, 2.24) is 10.2 Å². The molecular formula is C29H30N2O6. The molecule has 2 aromatic rings. The Morgan fingerprint density at radius 2 is 1.49 bits per heavy atom. The molecule has 8 heteroatoms. The number of carboxylic acid groups (broad SMARTS) is 1. The molecule has 2 aromatic carbocycles. The van der Waals surface area contributed by atoms with Gasteiger partial charge in [-0.05, 0) is 54.4 Å². The monoisotopic (exact) mass is 502 g/mol. The number of alkyl carbamates (subject to hydrolysis) is 1. The van der Waals surface area contributed by atoms with E-state index < -0.39 is 18.1 Å². The van der Waals surface area contributed by atoms with E-state index in [1.54, 1.807) is 0 Å². The van der Waals surface area contributed by atoms with Gasteiger partial charge >= 0.3 is 12.1 Å². The summed E-state index contributed by atoms with van der Waals surface area (Å²) in [7, 11) is 0. The van der Waals surface area contributed by atoms with Gasteiger partial charge in [0, 0.05) is 12.5 Å². The van der Waals surface area contributed by atoms with E-state index in [1.165, 1.54) is 4.90 Å². The highest BCUT2D eigenvalue weighted by Gasteiger charge is 2.46. The molecule has 8 nitrogen and oxygen atoms in total. The number of amides is 3. The van der Waals surface area contributed by atoms with Gasteiger partial charge in [-0.15, -0.1) is 0 Å². The summed E-state index contributed by atoms with van der Waals surface area (Å²) in [6, 6.07) is 14.9. The van der Waals surface area contributed by atoms with Gasteiger partial charge in [-0.3, -0.25) is 14.5 Å². The topological polar surface area (TPSA) is 113 Å².